The van der Waals surface area contributed by atoms with Gasteiger partial charge in [-0.15, -0.1) is 0 Å². The van der Waals surface area contributed by atoms with Crippen LogP contribution < -0.4 is 0 Å². The van der Waals surface area contributed by atoms with Gasteiger partial charge in [0.1, 0.15) is 11.6 Å². The fraction of sp³-hybridized carbons (Fsp3) is 0.500. The maximum Gasteiger partial charge on any atom is 0.409 e. The van der Waals surface area contributed by atoms with Gasteiger partial charge in [-0.3, -0.25) is 0 Å². The molecule has 1 saturated carbocycles. The first kappa shape index (κ1) is 25.5. The molecule has 5 heteroatoms. The van der Waals surface area contributed by atoms with Gasteiger partial charge in [0.15, 0.2) is 0 Å². The lowest BCUT2D eigenvalue weighted by atomic mass is 9.77. The van der Waals surface area contributed by atoms with Crippen LogP contribution in [-0.2, 0) is 6.42 Å². The number of hydrogen-bond donors (Lipinski definition) is 0. The number of unbranched alkanes of at least 4 members (excludes halogenated alkanes) is 3. The van der Waals surface area contributed by atoms with Gasteiger partial charge < -0.3 is 0 Å². The topological polar surface area (TPSA) is 0 Å². The summed E-state index contributed by atoms with van der Waals surface area (Å²) in [5.41, 5.74) is 1.95. The highest BCUT2D eigenvalue weighted by atomic mass is 19.4. The Morgan fingerprint density at radius 3 is 2.06 bits per heavy atom. The van der Waals surface area contributed by atoms with Crippen molar-refractivity contribution in [2.45, 2.75) is 83.2 Å². The van der Waals surface area contributed by atoms with Gasteiger partial charge >= 0.3 is 6.18 Å². The maximum atomic E-state index is 14.2. The van der Waals surface area contributed by atoms with Crippen LogP contribution in [0.3, 0.4) is 0 Å². The molecule has 0 nitrogen and oxygen atoms in total. The van der Waals surface area contributed by atoms with Crippen molar-refractivity contribution in [1.29, 1.82) is 0 Å². The molecule has 0 heterocycles. The Balaban J connectivity index is 1.55. The fourth-order valence-corrected chi connectivity index (χ4v) is 4.86. The number of alkyl halides is 3. The highest BCUT2D eigenvalue weighted by molar-refractivity contribution is 5.52. The molecule has 0 bridgehead atoms. The molecule has 3 rings (SSSR count). The van der Waals surface area contributed by atoms with Crippen molar-refractivity contribution in [2.75, 3.05) is 0 Å². The second kappa shape index (κ2) is 11.8. The Bertz CT molecular complexity index is 880. The minimum absolute atomic E-state index is 0.160. The zero-order valence-corrected chi connectivity index (χ0v) is 19.2. The fourth-order valence-electron chi connectivity index (χ4n) is 4.86. The molecular weight excluding hydrogens is 431 g/mol. The Morgan fingerprint density at radius 1 is 0.848 bits per heavy atom. The number of halogens is 5. The van der Waals surface area contributed by atoms with Crippen LogP contribution >= 0.6 is 0 Å². The van der Waals surface area contributed by atoms with E-state index in [0.717, 1.165) is 23.6 Å². The molecule has 0 aromatic heterocycles. The lowest BCUT2D eigenvalue weighted by molar-refractivity contribution is -0.0790. The summed E-state index contributed by atoms with van der Waals surface area (Å²) in [5.74, 6) is -0.557. The van der Waals surface area contributed by atoms with Crippen LogP contribution in [-0.4, -0.2) is 6.18 Å². The van der Waals surface area contributed by atoms with E-state index in [1.807, 2.05) is 12.1 Å². The molecule has 180 valence electrons. The summed E-state index contributed by atoms with van der Waals surface area (Å²) in [6, 6.07) is 10.4. The van der Waals surface area contributed by atoms with Crippen LogP contribution in [0.25, 0.3) is 6.08 Å². The van der Waals surface area contributed by atoms with Gasteiger partial charge in [0.25, 0.3) is 0 Å². The largest absolute Gasteiger partial charge is 0.409 e. The maximum absolute atomic E-state index is 14.2. The minimum atomic E-state index is -4.62. The van der Waals surface area contributed by atoms with E-state index in [1.165, 1.54) is 63.4 Å². The van der Waals surface area contributed by atoms with Crippen LogP contribution in [0.2, 0.25) is 0 Å². The molecular formula is C28H33F5. The number of allylic oxidation sites excluding steroid dienone is 1. The van der Waals surface area contributed by atoms with Crippen LogP contribution in [0.4, 0.5) is 22.0 Å². The van der Waals surface area contributed by atoms with Gasteiger partial charge in [-0.2, -0.15) is 13.2 Å². The van der Waals surface area contributed by atoms with E-state index < -0.39 is 23.4 Å². The summed E-state index contributed by atoms with van der Waals surface area (Å²) in [4.78, 5) is 0. The Morgan fingerprint density at radius 2 is 1.48 bits per heavy atom. The van der Waals surface area contributed by atoms with Crippen molar-refractivity contribution in [1.82, 2.24) is 0 Å². The van der Waals surface area contributed by atoms with E-state index in [1.54, 1.807) is 0 Å². The summed E-state index contributed by atoms with van der Waals surface area (Å²) in [6.07, 6.45) is 7.62. The van der Waals surface area contributed by atoms with Gasteiger partial charge in [0, 0.05) is 11.6 Å². The van der Waals surface area contributed by atoms with E-state index in [0.29, 0.717) is 24.0 Å². The first-order valence-electron chi connectivity index (χ1n) is 12.1. The second-order valence-corrected chi connectivity index (χ2v) is 9.33. The first-order valence-corrected chi connectivity index (χ1v) is 12.1. The van der Waals surface area contributed by atoms with Crippen LogP contribution in [0, 0.1) is 17.6 Å². The normalized spacial score (nSPS) is 19.3. The van der Waals surface area contributed by atoms with Gasteiger partial charge in [0.05, 0.1) is 0 Å². The molecule has 0 unspecified atom stereocenters. The summed E-state index contributed by atoms with van der Waals surface area (Å²) in [6.45, 7) is 2.24. The monoisotopic (exact) mass is 464 g/mol. The molecule has 0 saturated heterocycles. The summed E-state index contributed by atoms with van der Waals surface area (Å²) in [5, 5.41) is 0. The smallest absolute Gasteiger partial charge is 0.206 e. The van der Waals surface area contributed by atoms with Gasteiger partial charge in [0.2, 0.25) is 0 Å². The third-order valence-corrected chi connectivity index (χ3v) is 6.75. The lowest BCUT2D eigenvalue weighted by Crippen LogP contribution is -2.13. The average Bonchev–Trinajstić information content (AvgIpc) is 2.76. The summed E-state index contributed by atoms with van der Waals surface area (Å²) >= 11 is 0. The SMILES string of the molecule is CCCCCCC1CCC(c2ccc(Cc3cc(F)c(/C=C/C(F)(F)F)c(F)c3)cc2)CC1. The quantitative estimate of drug-likeness (QED) is 0.256. The van der Waals surface area contributed by atoms with Crippen molar-refractivity contribution < 1.29 is 22.0 Å². The zero-order chi connectivity index (χ0) is 23.8. The van der Waals surface area contributed by atoms with E-state index in [4.69, 9.17) is 0 Å². The molecule has 0 aliphatic heterocycles. The van der Waals surface area contributed by atoms with Gasteiger partial charge in [-0.05, 0) is 78.8 Å². The third kappa shape index (κ3) is 7.97. The summed E-state index contributed by atoms with van der Waals surface area (Å²) in [7, 11) is 0. The minimum Gasteiger partial charge on any atom is -0.206 e. The highest BCUT2D eigenvalue weighted by Crippen LogP contribution is 2.38. The average molecular weight is 465 g/mol. The van der Waals surface area contributed by atoms with E-state index in [2.05, 4.69) is 19.1 Å². The summed E-state index contributed by atoms with van der Waals surface area (Å²) < 4.78 is 65.3. The van der Waals surface area contributed by atoms with E-state index >= 15 is 0 Å². The standard InChI is InChI=1S/C28H33F5/c1-2-3-4-5-6-20-7-11-23(12-8-20)24-13-9-21(10-14-24)17-22-18-26(29)25(27(30)19-22)15-16-28(31,32)33/h9-10,13-16,18-20,23H,2-8,11-12,17H2,1H3/b16-15+. The zero-order valence-electron chi connectivity index (χ0n) is 19.2. The van der Waals surface area contributed by atoms with Crippen molar-refractivity contribution in [3.8, 4) is 0 Å². The van der Waals surface area contributed by atoms with Crippen molar-refractivity contribution in [2.24, 2.45) is 5.92 Å². The molecule has 0 atom stereocenters. The third-order valence-electron chi connectivity index (χ3n) is 6.75. The molecule has 0 radical (unpaired) electrons. The molecule has 1 aliphatic rings. The number of rotatable bonds is 9. The predicted molar refractivity (Wildman–Crippen MR) is 124 cm³/mol. The van der Waals surface area contributed by atoms with E-state index in [9.17, 15) is 22.0 Å². The molecule has 33 heavy (non-hydrogen) atoms. The Labute approximate surface area is 193 Å². The second-order valence-electron chi connectivity index (χ2n) is 9.33. The molecule has 1 aliphatic carbocycles. The molecule has 2 aromatic rings. The number of benzene rings is 2. The van der Waals surface area contributed by atoms with Crippen molar-refractivity contribution >= 4 is 6.08 Å². The van der Waals surface area contributed by atoms with Gasteiger partial charge in [-0.1, -0.05) is 63.3 Å². The molecule has 0 amide bonds. The van der Waals surface area contributed by atoms with Crippen molar-refractivity contribution in [3.05, 3.63) is 76.4 Å². The predicted octanol–water partition coefficient (Wildman–Crippen LogP) is 9.38. The molecule has 2 aromatic carbocycles. The van der Waals surface area contributed by atoms with Crippen LogP contribution in [0.1, 0.15) is 92.9 Å². The van der Waals surface area contributed by atoms with E-state index in [-0.39, 0.29) is 6.08 Å². The Hall–Kier alpha value is -2.17. The van der Waals surface area contributed by atoms with Crippen LogP contribution in [0.15, 0.2) is 42.5 Å². The van der Waals surface area contributed by atoms with Crippen molar-refractivity contribution in [3.63, 3.8) is 0 Å². The van der Waals surface area contributed by atoms with Gasteiger partial charge in [-0.25, -0.2) is 8.78 Å². The Kier molecular flexibility index (Phi) is 9.10. The lowest BCUT2D eigenvalue weighted by Gasteiger charge is -2.29. The molecule has 1 fully saturated rings. The highest BCUT2D eigenvalue weighted by Gasteiger charge is 2.23. The molecule has 0 spiro atoms. The first-order chi connectivity index (χ1) is 15.7. The number of hydrogen-bond acceptors (Lipinski definition) is 0. The molecule has 0 N–H and O–H groups in total. The van der Waals surface area contributed by atoms with Crippen LogP contribution in [0.5, 0.6) is 0 Å².